The van der Waals surface area contributed by atoms with Crippen LogP contribution in [0.5, 0.6) is 0 Å². The Hall–Kier alpha value is -2.15. The maximum absolute atomic E-state index is 11.8. The summed E-state index contributed by atoms with van der Waals surface area (Å²) in [4.78, 5) is 11.2. The Labute approximate surface area is 110 Å². The summed E-state index contributed by atoms with van der Waals surface area (Å²) in [6, 6.07) is 4.22. The zero-order chi connectivity index (χ0) is 14.2. The van der Waals surface area contributed by atoms with E-state index in [2.05, 4.69) is 5.10 Å². The quantitative estimate of drug-likeness (QED) is 0.914. The van der Waals surface area contributed by atoms with E-state index in [9.17, 15) is 13.2 Å². The average molecular weight is 280 g/mol. The van der Waals surface area contributed by atoms with Crippen LogP contribution in [-0.4, -0.2) is 35.5 Å². The van der Waals surface area contributed by atoms with Gasteiger partial charge in [-0.25, -0.2) is 17.9 Å². The molecule has 2 aromatic rings. The van der Waals surface area contributed by atoms with Gasteiger partial charge >= 0.3 is 5.97 Å². The fourth-order valence-electron chi connectivity index (χ4n) is 1.89. The van der Waals surface area contributed by atoms with Gasteiger partial charge in [0.1, 0.15) is 0 Å². The lowest BCUT2D eigenvalue weighted by molar-refractivity contribution is 0.0696. The molecule has 7 heteroatoms. The molecular weight excluding hydrogens is 268 g/mol. The van der Waals surface area contributed by atoms with E-state index in [1.165, 1.54) is 23.0 Å². The molecule has 1 aromatic heterocycles. The lowest BCUT2D eigenvalue weighted by Gasteiger charge is -2.13. The molecule has 1 aromatic carbocycles. The second-order valence-corrected chi connectivity index (χ2v) is 6.10. The van der Waals surface area contributed by atoms with E-state index in [-0.39, 0.29) is 16.1 Å². The van der Waals surface area contributed by atoms with Gasteiger partial charge in [0.25, 0.3) is 0 Å². The van der Waals surface area contributed by atoms with E-state index in [0.717, 1.165) is 6.26 Å². The topological polar surface area (TPSA) is 89.3 Å². The number of hydrogen-bond acceptors (Lipinski definition) is 4. The van der Waals surface area contributed by atoms with Crippen molar-refractivity contribution in [2.75, 3.05) is 6.26 Å². The van der Waals surface area contributed by atoms with Gasteiger partial charge in [0, 0.05) is 18.6 Å². The van der Waals surface area contributed by atoms with Crippen LogP contribution in [0.4, 0.5) is 0 Å². The van der Waals surface area contributed by atoms with Crippen molar-refractivity contribution in [3.63, 3.8) is 0 Å². The Bertz CT molecular complexity index is 733. The summed E-state index contributed by atoms with van der Waals surface area (Å²) in [5.74, 6) is -1.11. The van der Waals surface area contributed by atoms with Crippen molar-refractivity contribution in [1.82, 2.24) is 9.78 Å². The molecule has 100 valence electrons. The predicted molar refractivity (Wildman–Crippen MR) is 68.4 cm³/mol. The van der Waals surface area contributed by atoms with Crippen LogP contribution < -0.4 is 0 Å². The fourth-order valence-corrected chi connectivity index (χ4v) is 2.81. The summed E-state index contributed by atoms with van der Waals surface area (Å²) in [6.45, 7) is 1.56. The number of rotatable bonds is 3. The van der Waals surface area contributed by atoms with Crippen molar-refractivity contribution in [2.45, 2.75) is 11.8 Å². The Balaban J connectivity index is 2.86. The molecule has 0 aliphatic carbocycles. The third kappa shape index (κ3) is 2.37. The van der Waals surface area contributed by atoms with Gasteiger partial charge in [-0.1, -0.05) is 0 Å². The summed E-state index contributed by atoms with van der Waals surface area (Å²) < 4.78 is 24.9. The van der Waals surface area contributed by atoms with Crippen molar-refractivity contribution in [3.05, 3.63) is 41.7 Å². The lowest BCUT2D eigenvalue weighted by Crippen LogP contribution is -2.11. The minimum absolute atomic E-state index is 0.0536. The summed E-state index contributed by atoms with van der Waals surface area (Å²) in [7, 11) is -3.48. The molecule has 6 nitrogen and oxygen atoms in total. The van der Waals surface area contributed by atoms with Gasteiger partial charge in [-0.2, -0.15) is 5.10 Å². The van der Waals surface area contributed by atoms with Gasteiger partial charge in [-0.3, -0.25) is 0 Å². The molecule has 0 aliphatic rings. The Morgan fingerprint density at radius 1 is 1.37 bits per heavy atom. The molecule has 2 rings (SSSR count). The Morgan fingerprint density at radius 2 is 2.05 bits per heavy atom. The SMILES string of the molecule is Cc1c(C(=O)O)ccc(S(C)(=O)=O)c1-n1cccn1. The first-order valence-corrected chi connectivity index (χ1v) is 7.28. The van der Waals surface area contributed by atoms with Gasteiger partial charge in [-0.05, 0) is 30.7 Å². The summed E-state index contributed by atoms with van der Waals surface area (Å²) >= 11 is 0. The highest BCUT2D eigenvalue weighted by Crippen LogP contribution is 2.26. The van der Waals surface area contributed by atoms with Gasteiger partial charge in [0.2, 0.25) is 0 Å². The molecule has 19 heavy (non-hydrogen) atoms. The second-order valence-electron chi connectivity index (χ2n) is 4.11. The summed E-state index contributed by atoms with van der Waals surface area (Å²) in [6.07, 6.45) is 4.15. The Kier molecular flexibility index (Phi) is 3.15. The van der Waals surface area contributed by atoms with E-state index in [1.807, 2.05) is 0 Å². The molecule has 0 amide bonds. The van der Waals surface area contributed by atoms with Gasteiger partial charge < -0.3 is 5.11 Å². The van der Waals surface area contributed by atoms with Crippen LogP contribution in [0, 0.1) is 6.92 Å². The molecule has 0 spiro atoms. The highest BCUT2D eigenvalue weighted by Gasteiger charge is 2.21. The number of sulfone groups is 1. The van der Waals surface area contributed by atoms with Crippen LogP contribution in [0.25, 0.3) is 5.69 Å². The molecule has 0 fully saturated rings. The van der Waals surface area contributed by atoms with E-state index in [0.29, 0.717) is 5.56 Å². The molecule has 0 bridgehead atoms. The monoisotopic (exact) mass is 280 g/mol. The second kappa shape index (κ2) is 4.51. The average Bonchev–Trinajstić information content (AvgIpc) is 2.79. The van der Waals surface area contributed by atoms with Crippen LogP contribution >= 0.6 is 0 Å². The normalized spacial score (nSPS) is 11.5. The van der Waals surface area contributed by atoms with Gasteiger partial charge in [0.15, 0.2) is 9.84 Å². The molecule has 0 atom stereocenters. The summed E-state index contributed by atoms with van der Waals surface area (Å²) in [5.41, 5.74) is 0.685. The fraction of sp³-hybridized carbons (Fsp3) is 0.167. The number of carboxylic acid groups (broad SMARTS) is 1. The number of carbonyl (C=O) groups is 1. The first kappa shape index (κ1) is 13.3. The van der Waals surface area contributed by atoms with E-state index >= 15 is 0 Å². The first-order chi connectivity index (χ1) is 8.82. The van der Waals surface area contributed by atoms with Crippen LogP contribution in [0.2, 0.25) is 0 Å². The van der Waals surface area contributed by atoms with Crippen molar-refractivity contribution < 1.29 is 18.3 Å². The molecule has 0 saturated carbocycles. The third-order valence-electron chi connectivity index (χ3n) is 2.76. The molecule has 1 heterocycles. The zero-order valence-electron chi connectivity index (χ0n) is 10.4. The molecule has 1 N–H and O–H groups in total. The minimum atomic E-state index is -3.48. The number of carboxylic acids is 1. The molecular formula is C12H12N2O4S. The van der Waals surface area contributed by atoms with Crippen molar-refractivity contribution >= 4 is 15.8 Å². The number of aromatic carboxylic acids is 1. The number of benzene rings is 1. The van der Waals surface area contributed by atoms with Crippen molar-refractivity contribution in [1.29, 1.82) is 0 Å². The minimum Gasteiger partial charge on any atom is -0.478 e. The van der Waals surface area contributed by atoms with Crippen LogP contribution in [-0.2, 0) is 9.84 Å². The molecule has 0 aliphatic heterocycles. The molecule has 0 unspecified atom stereocenters. The lowest BCUT2D eigenvalue weighted by atomic mass is 10.1. The molecule has 0 saturated heterocycles. The largest absolute Gasteiger partial charge is 0.478 e. The van der Waals surface area contributed by atoms with Crippen LogP contribution in [0.3, 0.4) is 0 Å². The maximum atomic E-state index is 11.8. The smallest absolute Gasteiger partial charge is 0.336 e. The number of aromatic nitrogens is 2. The van der Waals surface area contributed by atoms with E-state index in [4.69, 9.17) is 5.11 Å². The highest BCUT2D eigenvalue weighted by molar-refractivity contribution is 7.90. The van der Waals surface area contributed by atoms with E-state index in [1.54, 1.807) is 19.2 Å². The van der Waals surface area contributed by atoms with E-state index < -0.39 is 15.8 Å². The summed E-state index contributed by atoms with van der Waals surface area (Å²) in [5, 5.41) is 13.1. The maximum Gasteiger partial charge on any atom is 0.336 e. The van der Waals surface area contributed by atoms with Gasteiger partial charge in [-0.15, -0.1) is 0 Å². The predicted octanol–water partition coefficient (Wildman–Crippen LogP) is 1.28. The molecule has 0 radical (unpaired) electrons. The van der Waals surface area contributed by atoms with Crippen molar-refractivity contribution in [2.24, 2.45) is 0 Å². The standard InChI is InChI=1S/C12H12N2O4S/c1-8-9(12(15)16)4-5-10(19(2,17)18)11(8)14-7-3-6-13-14/h3-7H,1-2H3,(H,15,16). The zero-order valence-corrected chi connectivity index (χ0v) is 11.2. The van der Waals surface area contributed by atoms with Gasteiger partial charge in [0.05, 0.1) is 16.1 Å². The number of nitrogens with zero attached hydrogens (tertiary/aromatic N) is 2. The van der Waals surface area contributed by atoms with Crippen LogP contribution in [0.1, 0.15) is 15.9 Å². The third-order valence-corrected chi connectivity index (χ3v) is 3.89. The number of hydrogen-bond donors (Lipinski definition) is 1. The van der Waals surface area contributed by atoms with Crippen molar-refractivity contribution in [3.8, 4) is 5.69 Å². The Morgan fingerprint density at radius 3 is 2.53 bits per heavy atom. The van der Waals surface area contributed by atoms with Crippen LogP contribution in [0.15, 0.2) is 35.5 Å². The first-order valence-electron chi connectivity index (χ1n) is 5.39. The highest BCUT2D eigenvalue weighted by atomic mass is 32.2.